The van der Waals surface area contributed by atoms with Crippen LogP contribution in [0, 0.1) is 5.41 Å². The molecule has 0 bridgehead atoms. The van der Waals surface area contributed by atoms with Gasteiger partial charge < -0.3 is 4.79 Å². The average molecular weight is 166 g/mol. The van der Waals surface area contributed by atoms with Crippen LogP contribution in [-0.4, -0.2) is 25.0 Å². The highest BCUT2D eigenvalue weighted by atomic mass is 32.2. The Labute approximate surface area is 60.0 Å². The standard InChI is InChI=1S/C5H10O4S/c1-5(2,3-6)4-10(7,8)9/h3H,4H2,1-2H3,(H,7,8,9). The van der Waals surface area contributed by atoms with Crippen LogP contribution in [-0.2, 0) is 14.9 Å². The second-order valence-electron chi connectivity index (χ2n) is 2.83. The molecule has 0 aromatic rings. The third-order valence-corrected chi connectivity index (χ3v) is 1.98. The Morgan fingerprint density at radius 1 is 1.50 bits per heavy atom. The molecule has 0 amide bonds. The highest BCUT2D eigenvalue weighted by Gasteiger charge is 2.23. The van der Waals surface area contributed by atoms with Crippen LogP contribution >= 0.6 is 0 Å². The Kier molecular flexibility index (Phi) is 2.56. The van der Waals surface area contributed by atoms with E-state index in [9.17, 15) is 13.2 Å². The van der Waals surface area contributed by atoms with E-state index in [1.54, 1.807) is 0 Å². The molecule has 60 valence electrons. The van der Waals surface area contributed by atoms with Crippen LogP contribution in [0.25, 0.3) is 0 Å². The monoisotopic (exact) mass is 166 g/mol. The maximum Gasteiger partial charge on any atom is 0.265 e. The topological polar surface area (TPSA) is 71.4 Å². The Bertz CT molecular complexity index is 214. The summed E-state index contributed by atoms with van der Waals surface area (Å²) in [5, 5.41) is 0. The number of hydrogen-bond acceptors (Lipinski definition) is 3. The predicted molar refractivity (Wildman–Crippen MR) is 36.3 cm³/mol. The molecule has 0 saturated heterocycles. The van der Waals surface area contributed by atoms with E-state index in [0.29, 0.717) is 6.29 Å². The minimum Gasteiger partial charge on any atom is -0.303 e. The second kappa shape index (κ2) is 2.67. The van der Waals surface area contributed by atoms with Crippen LogP contribution in [0.5, 0.6) is 0 Å². The summed E-state index contributed by atoms with van der Waals surface area (Å²) in [5.74, 6) is -0.524. The molecule has 0 spiro atoms. The summed E-state index contributed by atoms with van der Waals surface area (Å²) in [6.07, 6.45) is 0.501. The maximum absolute atomic E-state index is 10.2. The minimum atomic E-state index is -4.03. The Hall–Kier alpha value is -0.420. The normalized spacial score (nSPS) is 13.1. The number of aldehydes is 1. The molecule has 0 heterocycles. The van der Waals surface area contributed by atoms with Crippen molar-refractivity contribution in [3.8, 4) is 0 Å². The molecule has 0 radical (unpaired) electrons. The molecule has 0 aliphatic heterocycles. The van der Waals surface area contributed by atoms with Gasteiger partial charge in [-0.2, -0.15) is 8.42 Å². The summed E-state index contributed by atoms with van der Waals surface area (Å²) in [6, 6.07) is 0. The van der Waals surface area contributed by atoms with Gasteiger partial charge in [0.05, 0.1) is 5.75 Å². The van der Waals surface area contributed by atoms with Crippen molar-refractivity contribution in [2.24, 2.45) is 5.41 Å². The molecule has 0 rings (SSSR count). The van der Waals surface area contributed by atoms with Crippen molar-refractivity contribution >= 4 is 16.4 Å². The lowest BCUT2D eigenvalue weighted by Gasteiger charge is -2.12. The summed E-state index contributed by atoms with van der Waals surface area (Å²) in [7, 11) is -4.03. The molecular weight excluding hydrogens is 156 g/mol. The van der Waals surface area contributed by atoms with E-state index in [1.165, 1.54) is 13.8 Å². The lowest BCUT2D eigenvalue weighted by molar-refractivity contribution is -0.113. The summed E-state index contributed by atoms with van der Waals surface area (Å²) in [4.78, 5) is 10.1. The van der Waals surface area contributed by atoms with Gasteiger partial charge in [-0.25, -0.2) is 0 Å². The molecule has 1 N–H and O–H groups in total. The van der Waals surface area contributed by atoms with E-state index in [1.807, 2.05) is 0 Å². The van der Waals surface area contributed by atoms with Crippen LogP contribution in [0.1, 0.15) is 13.8 Å². The van der Waals surface area contributed by atoms with Gasteiger partial charge in [0, 0.05) is 5.41 Å². The molecule has 0 aliphatic carbocycles. The number of carbonyl (C=O) groups is 1. The van der Waals surface area contributed by atoms with Crippen molar-refractivity contribution in [2.45, 2.75) is 13.8 Å². The fourth-order valence-corrected chi connectivity index (χ4v) is 1.51. The summed E-state index contributed by atoms with van der Waals surface area (Å²) in [6.45, 7) is 2.88. The van der Waals surface area contributed by atoms with Crippen molar-refractivity contribution in [3.05, 3.63) is 0 Å². The summed E-state index contributed by atoms with van der Waals surface area (Å²) < 4.78 is 28.7. The van der Waals surface area contributed by atoms with Crippen molar-refractivity contribution in [2.75, 3.05) is 5.75 Å². The highest BCUT2D eigenvalue weighted by molar-refractivity contribution is 7.85. The third kappa shape index (κ3) is 4.46. The van der Waals surface area contributed by atoms with Gasteiger partial charge in [-0.1, -0.05) is 13.8 Å². The highest BCUT2D eigenvalue weighted by Crippen LogP contribution is 2.12. The number of carbonyl (C=O) groups excluding carboxylic acids is 1. The maximum atomic E-state index is 10.2. The van der Waals surface area contributed by atoms with Gasteiger partial charge in [0.15, 0.2) is 0 Å². The van der Waals surface area contributed by atoms with E-state index in [4.69, 9.17) is 4.55 Å². The number of rotatable bonds is 3. The smallest absolute Gasteiger partial charge is 0.265 e. The lowest BCUT2D eigenvalue weighted by Crippen LogP contribution is -2.24. The van der Waals surface area contributed by atoms with Crippen LogP contribution in [0.4, 0.5) is 0 Å². The predicted octanol–water partition coefficient (Wildman–Crippen LogP) is 0.0993. The van der Waals surface area contributed by atoms with Gasteiger partial charge >= 0.3 is 0 Å². The first-order chi connectivity index (χ1) is 4.27. The molecule has 0 unspecified atom stereocenters. The second-order valence-corrected chi connectivity index (χ2v) is 4.29. The van der Waals surface area contributed by atoms with Crippen LogP contribution in [0.2, 0.25) is 0 Å². The van der Waals surface area contributed by atoms with E-state index in [0.717, 1.165) is 0 Å². The minimum absolute atomic E-state index is 0.501. The van der Waals surface area contributed by atoms with Crippen LogP contribution in [0.15, 0.2) is 0 Å². The molecule has 0 atom stereocenters. The quantitative estimate of drug-likeness (QED) is 0.476. The molecule has 0 aromatic heterocycles. The van der Waals surface area contributed by atoms with Gasteiger partial charge in [0.2, 0.25) is 0 Å². The van der Waals surface area contributed by atoms with E-state index < -0.39 is 21.3 Å². The third-order valence-electron chi connectivity index (χ3n) is 0.873. The van der Waals surface area contributed by atoms with Crippen molar-refractivity contribution < 1.29 is 17.8 Å². The van der Waals surface area contributed by atoms with Crippen molar-refractivity contribution in [1.29, 1.82) is 0 Å². The first kappa shape index (κ1) is 9.58. The van der Waals surface area contributed by atoms with Crippen molar-refractivity contribution in [1.82, 2.24) is 0 Å². The van der Waals surface area contributed by atoms with E-state index in [-0.39, 0.29) is 0 Å². The van der Waals surface area contributed by atoms with Gasteiger partial charge in [-0.15, -0.1) is 0 Å². The van der Waals surface area contributed by atoms with E-state index >= 15 is 0 Å². The largest absolute Gasteiger partial charge is 0.303 e. The molecule has 4 nitrogen and oxygen atoms in total. The zero-order chi connectivity index (χ0) is 8.41. The van der Waals surface area contributed by atoms with E-state index in [2.05, 4.69) is 0 Å². The number of hydrogen-bond donors (Lipinski definition) is 1. The fourth-order valence-electron chi connectivity index (χ4n) is 0.504. The summed E-state index contributed by atoms with van der Waals surface area (Å²) >= 11 is 0. The Balaban J connectivity index is 4.30. The van der Waals surface area contributed by atoms with Gasteiger partial charge in [-0.05, 0) is 0 Å². The first-order valence-electron chi connectivity index (χ1n) is 2.68. The molecule has 0 aromatic carbocycles. The van der Waals surface area contributed by atoms with Crippen LogP contribution < -0.4 is 0 Å². The molecule has 0 aliphatic rings. The van der Waals surface area contributed by atoms with Gasteiger partial charge in [0.25, 0.3) is 10.1 Å². The van der Waals surface area contributed by atoms with Crippen LogP contribution in [0.3, 0.4) is 0 Å². The van der Waals surface area contributed by atoms with Crippen molar-refractivity contribution in [3.63, 3.8) is 0 Å². The lowest BCUT2D eigenvalue weighted by atomic mass is 10.00. The molecule has 0 saturated carbocycles. The molecular formula is C5H10O4S. The molecule has 0 fully saturated rings. The first-order valence-corrected chi connectivity index (χ1v) is 4.29. The molecule has 5 heteroatoms. The fraction of sp³-hybridized carbons (Fsp3) is 0.800. The zero-order valence-electron chi connectivity index (χ0n) is 5.86. The molecule has 10 heavy (non-hydrogen) atoms. The summed E-state index contributed by atoms with van der Waals surface area (Å²) in [5.41, 5.74) is -0.992. The van der Waals surface area contributed by atoms with Gasteiger partial charge in [0.1, 0.15) is 6.29 Å². The SMILES string of the molecule is CC(C)(C=O)CS(=O)(=O)O. The Morgan fingerprint density at radius 2 is 1.90 bits per heavy atom. The zero-order valence-corrected chi connectivity index (χ0v) is 6.68. The van der Waals surface area contributed by atoms with Gasteiger partial charge in [-0.3, -0.25) is 4.55 Å². The average Bonchev–Trinajstić information content (AvgIpc) is 1.60. The Morgan fingerprint density at radius 3 is 2.00 bits per heavy atom.